The van der Waals surface area contributed by atoms with Crippen LogP contribution in [0.4, 0.5) is 0 Å². The number of nitrogens with one attached hydrogen (secondary N) is 1. The number of hydrogen-bond acceptors (Lipinski definition) is 1. The highest BCUT2D eigenvalue weighted by molar-refractivity contribution is 6.18. The van der Waals surface area contributed by atoms with Crippen LogP contribution in [0.3, 0.4) is 0 Å². The molecule has 0 aromatic rings. The maximum absolute atomic E-state index is 6.06. The van der Waals surface area contributed by atoms with Gasteiger partial charge in [-0.15, -0.1) is 11.6 Å². The van der Waals surface area contributed by atoms with E-state index in [0.717, 1.165) is 12.4 Å². The lowest BCUT2D eigenvalue weighted by Gasteiger charge is -2.26. The van der Waals surface area contributed by atoms with Crippen molar-refractivity contribution in [3.8, 4) is 0 Å². The van der Waals surface area contributed by atoms with Gasteiger partial charge in [-0.3, -0.25) is 0 Å². The molecule has 1 aliphatic carbocycles. The van der Waals surface area contributed by atoms with E-state index in [1.54, 1.807) is 0 Å². The standard InChI is InChI=1S/C12H24ClN/c1-2-3-6-9-14-11-12(10-13)7-4-5-8-12/h14H,2-11H2,1H3. The number of hydrogen-bond donors (Lipinski definition) is 1. The summed E-state index contributed by atoms with van der Waals surface area (Å²) in [5, 5.41) is 3.57. The van der Waals surface area contributed by atoms with Crippen molar-refractivity contribution in [1.29, 1.82) is 0 Å². The van der Waals surface area contributed by atoms with Crippen LogP contribution in [0.15, 0.2) is 0 Å². The molecule has 0 atom stereocenters. The number of halogens is 1. The summed E-state index contributed by atoms with van der Waals surface area (Å²) >= 11 is 6.06. The molecule has 1 rings (SSSR count). The molecule has 1 fully saturated rings. The molecule has 0 bridgehead atoms. The molecule has 1 nitrogen and oxygen atoms in total. The van der Waals surface area contributed by atoms with Gasteiger partial charge in [0, 0.05) is 12.4 Å². The third-order valence-corrected chi connectivity index (χ3v) is 3.97. The lowest BCUT2D eigenvalue weighted by molar-refractivity contribution is 0.320. The Balaban J connectivity index is 2.08. The molecule has 0 aromatic heterocycles. The first kappa shape index (κ1) is 12.3. The Hall–Kier alpha value is 0.250. The van der Waals surface area contributed by atoms with Crippen molar-refractivity contribution in [1.82, 2.24) is 5.32 Å². The lowest BCUT2D eigenvalue weighted by atomic mass is 9.88. The highest BCUT2D eigenvalue weighted by Crippen LogP contribution is 2.38. The number of unbranched alkanes of at least 4 members (excludes halogenated alkanes) is 2. The van der Waals surface area contributed by atoms with E-state index in [9.17, 15) is 0 Å². The van der Waals surface area contributed by atoms with Crippen molar-refractivity contribution in [2.75, 3.05) is 19.0 Å². The van der Waals surface area contributed by atoms with E-state index >= 15 is 0 Å². The molecule has 0 spiro atoms. The second-order valence-corrected chi connectivity index (χ2v) is 4.99. The van der Waals surface area contributed by atoms with Gasteiger partial charge in [-0.2, -0.15) is 0 Å². The van der Waals surface area contributed by atoms with Crippen molar-refractivity contribution < 1.29 is 0 Å². The fraction of sp³-hybridized carbons (Fsp3) is 1.00. The van der Waals surface area contributed by atoms with Crippen LogP contribution in [0.2, 0.25) is 0 Å². The molecule has 0 saturated heterocycles. The Morgan fingerprint density at radius 2 is 1.93 bits per heavy atom. The summed E-state index contributed by atoms with van der Waals surface area (Å²) in [6.07, 6.45) is 9.39. The summed E-state index contributed by atoms with van der Waals surface area (Å²) in [5.41, 5.74) is 0.438. The molecule has 0 aromatic carbocycles. The summed E-state index contributed by atoms with van der Waals surface area (Å²) in [5.74, 6) is 0.841. The van der Waals surface area contributed by atoms with Crippen LogP contribution >= 0.6 is 11.6 Å². The molecule has 0 aliphatic heterocycles. The van der Waals surface area contributed by atoms with E-state index in [1.165, 1.54) is 51.5 Å². The molecule has 0 unspecified atom stereocenters. The van der Waals surface area contributed by atoms with Crippen LogP contribution in [-0.4, -0.2) is 19.0 Å². The van der Waals surface area contributed by atoms with Crippen molar-refractivity contribution in [3.63, 3.8) is 0 Å². The minimum atomic E-state index is 0.438. The zero-order valence-electron chi connectivity index (χ0n) is 9.45. The molecule has 14 heavy (non-hydrogen) atoms. The van der Waals surface area contributed by atoms with Gasteiger partial charge in [-0.05, 0) is 31.2 Å². The highest BCUT2D eigenvalue weighted by Gasteiger charge is 2.32. The average molecular weight is 218 g/mol. The molecule has 1 saturated carbocycles. The number of alkyl halides is 1. The maximum atomic E-state index is 6.06. The normalized spacial score (nSPS) is 20.1. The van der Waals surface area contributed by atoms with Gasteiger partial charge in [0.15, 0.2) is 0 Å². The predicted molar refractivity (Wildman–Crippen MR) is 64.0 cm³/mol. The first-order valence-corrected chi connectivity index (χ1v) is 6.63. The van der Waals surface area contributed by atoms with Gasteiger partial charge in [-0.25, -0.2) is 0 Å². The van der Waals surface area contributed by atoms with Crippen LogP contribution in [0.25, 0.3) is 0 Å². The molecule has 1 N–H and O–H groups in total. The van der Waals surface area contributed by atoms with Crippen molar-refractivity contribution in [3.05, 3.63) is 0 Å². The van der Waals surface area contributed by atoms with Crippen LogP contribution in [0.1, 0.15) is 51.9 Å². The molecule has 1 aliphatic rings. The topological polar surface area (TPSA) is 12.0 Å². The zero-order valence-corrected chi connectivity index (χ0v) is 10.2. The Bertz CT molecular complexity index is 141. The first-order valence-electron chi connectivity index (χ1n) is 6.10. The first-order chi connectivity index (χ1) is 6.83. The van der Waals surface area contributed by atoms with Gasteiger partial charge >= 0.3 is 0 Å². The van der Waals surface area contributed by atoms with E-state index in [1.807, 2.05) is 0 Å². The Morgan fingerprint density at radius 3 is 2.50 bits per heavy atom. The molecule has 0 heterocycles. The van der Waals surface area contributed by atoms with Gasteiger partial charge in [0.05, 0.1) is 0 Å². The van der Waals surface area contributed by atoms with Crippen molar-refractivity contribution in [2.24, 2.45) is 5.41 Å². The number of rotatable bonds is 7. The molecular formula is C12H24ClN. The van der Waals surface area contributed by atoms with Crippen LogP contribution in [0, 0.1) is 5.41 Å². The summed E-state index contributed by atoms with van der Waals surface area (Å²) in [7, 11) is 0. The molecule has 84 valence electrons. The zero-order chi connectivity index (χ0) is 10.3. The van der Waals surface area contributed by atoms with Gasteiger partial charge < -0.3 is 5.32 Å². The smallest absolute Gasteiger partial charge is 0.0292 e. The van der Waals surface area contributed by atoms with Crippen molar-refractivity contribution in [2.45, 2.75) is 51.9 Å². The van der Waals surface area contributed by atoms with E-state index < -0.39 is 0 Å². The van der Waals surface area contributed by atoms with Gasteiger partial charge in [0.2, 0.25) is 0 Å². The molecule has 0 radical (unpaired) electrons. The van der Waals surface area contributed by atoms with E-state index in [0.29, 0.717) is 5.41 Å². The second kappa shape index (κ2) is 6.68. The predicted octanol–water partition coefficient (Wildman–Crippen LogP) is 3.57. The van der Waals surface area contributed by atoms with Gasteiger partial charge in [0.25, 0.3) is 0 Å². The lowest BCUT2D eigenvalue weighted by Crippen LogP contribution is -2.34. The largest absolute Gasteiger partial charge is 0.316 e. The third kappa shape index (κ3) is 3.78. The monoisotopic (exact) mass is 217 g/mol. The Morgan fingerprint density at radius 1 is 1.21 bits per heavy atom. The molecule has 2 heteroatoms. The van der Waals surface area contributed by atoms with Crippen LogP contribution in [0.5, 0.6) is 0 Å². The highest BCUT2D eigenvalue weighted by atomic mass is 35.5. The fourth-order valence-corrected chi connectivity index (χ4v) is 2.70. The second-order valence-electron chi connectivity index (χ2n) is 4.72. The Kier molecular flexibility index (Phi) is 5.88. The third-order valence-electron chi connectivity index (χ3n) is 3.40. The summed E-state index contributed by atoms with van der Waals surface area (Å²) in [6.45, 7) is 4.56. The van der Waals surface area contributed by atoms with Crippen LogP contribution < -0.4 is 5.32 Å². The summed E-state index contributed by atoms with van der Waals surface area (Å²) in [4.78, 5) is 0. The fourth-order valence-electron chi connectivity index (χ4n) is 2.34. The van der Waals surface area contributed by atoms with Gasteiger partial charge in [-0.1, -0.05) is 32.6 Å². The van der Waals surface area contributed by atoms with Gasteiger partial charge in [0.1, 0.15) is 0 Å². The maximum Gasteiger partial charge on any atom is 0.0292 e. The van der Waals surface area contributed by atoms with Crippen LogP contribution in [-0.2, 0) is 0 Å². The van der Waals surface area contributed by atoms with E-state index in [2.05, 4.69) is 12.2 Å². The molecule has 0 amide bonds. The molecular weight excluding hydrogens is 194 g/mol. The summed E-state index contributed by atoms with van der Waals surface area (Å²) in [6, 6.07) is 0. The summed E-state index contributed by atoms with van der Waals surface area (Å²) < 4.78 is 0. The Labute approximate surface area is 93.6 Å². The average Bonchev–Trinajstić information content (AvgIpc) is 2.67. The quantitative estimate of drug-likeness (QED) is 0.508. The minimum Gasteiger partial charge on any atom is -0.316 e. The van der Waals surface area contributed by atoms with Crippen molar-refractivity contribution >= 4 is 11.6 Å². The minimum absolute atomic E-state index is 0.438. The SMILES string of the molecule is CCCCCNCC1(CCl)CCCC1. The van der Waals surface area contributed by atoms with E-state index in [4.69, 9.17) is 11.6 Å². The van der Waals surface area contributed by atoms with E-state index in [-0.39, 0.29) is 0 Å².